The van der Waals surface area contributed by atoms with Gasteiger partial charge in [-0.3, -0.25) is 0 Å². The average molecular weight is 337 g/mol. The number of unbranched alkanes of at least 4 members (excludes halogenated alkanes) is 5. The van der Waals surface area contributed by atoms with Gasteiger partial charge in [0.2, 0.25) is 0 Å². The molecule has 0 aromatic heterocycles. The summed E-state index contributed by atoms with van der Waals surface area (Å²) in [5.41, 5.74) is 1.40. The van der Waals surface area contributed by atoms with Crippen LogP contribution in [0.3, 0.4) is 0 Å². The molecule has 0 heterocycles. The maximum absolute atomic E-state index is 11.6. The minimum absolute atomic E-state index is 0.303. The molecule has 0 spiro atoms. The van der Waals surface area contributed by atoms with Gasteiger partial charge in [0.1, 0.15) is 0 Å². The Morgan fingerprint density at radius 1 is 1.04 bits per heavy atom. The standard InChI is InChI=1S/C18H28N2O2S/c1-3-5-6-7-8-9-14-19-18(23)20-16-12-10-15(11-13-16)17(21)22-4-2/h10-13H,3-9,14H2,1-2H3,(H2,19,20,23). The Morgan fingerprint density at radius 2 is 1.70 bits per heavy atom. The second-order valence-electron chi connectivity index (χ2n) is 5.45. The molecule has 0 radical (unpaired) electrons. The van der Waals surface area contributed by atoms with Gasteiger partial charge in [0, 0.05) is 12.2 Å². The second kappa shape index (κ2) is 11.9. The lowest BCUT2D eigenvalue weighted by atomic mass is 10.1. The summed E-state index contributed by atoms with van der Waals surface area (Å²) >= 11 is 5.27. The Kier molecular flexibility index (Phi) is 10.0. The highest BCUT2D eigenvalue weighted by molar-refractivity contribution is 7.80. The van der Waals surface area contributed by atoms with Gasteiger partial charge < -0.3 is 15.4 Å². The molecular weight excluding hydrogens is 308 g/mol. The fourth-order valence-electron chi connectivity index (χ4n) is 2.19. The maximum atomic E-state index is 11.6. The fourth-order valence-corrected chi connectivity index (χ4v) is 2.41. The molecule has 0 aliphatic rings. The third kappa shape index (κ3) is 8.55. The number of thiocarbonyl (C=S) groups is 1. The van der Waals surface area contributed by atoms with Crippen molar-refractivity contribution in [2.24, 2.45) is 0 Å². The predicted molar refractivity (Wildman–Crippen MR) is 100.0 cm³/mol. The van der Waals surface area contributed by atoms with E-state index in [2.05, 4.69) is 17.6 Å². The van der Waals surface area contributed by atoms with Crippen LogP contribution in [0.5, 0.6) is 0 Å². The molecule has 1 aromatic carbocycles. The minimum atomic E-state index is -0.303. The average Bonchev–Trinajstić information content (AvgIpc) is 2.55. The van der Waals surface area contributed by atoms with Crippen LogP contribution in [0.4, 0.5) is 5.69 Å². The molecule has 0 aliphatic heterocycles. The number of esters is 1. The molecule has 2 N–H and O–H groups in total. The van der Waals surface area contributed by atoms with E-state index in [0.717, 1.165) is 18.7 Å². The molecule has 0 amide bonds. The van der Waals surface area contributed by atoms with Gasteiger partial charge in [-0.25, -0.2) is 4.79 Å². The Labute approximate surface area is 145 Å². The molecular formula is C18H28N2O2S. The SMILES string of the molecule is CCCCCCCCNC(=S)Nc1ccc(C(=O)OCC)cc1. The van der Waals surface area contributed by atoms with E-state index in [-0.39, 0.29) is 5.97 Å². The Morgan fingerprint density at radius 3 is 2.35 bits per heavy atom. The molecule has 1 aromatic rings. The van der Waals surface area contributed by atoms with E-state index in [1.807, 2.05) is 12.1 Å². The molecule has 0 atom stereocenters. The molecule has 0 saturated heterocycles. The summed E-state index contributed by atoms with van der Waals surface area (Å²) in [5, 5.41) is 6.94. The monoisotopic (exact) mass is 336 g/mol. The Hall–Kier alpha value is -1.62. The number of hydrogen-bond acceptors (Lipinski definition) is 3. The second-order valence-corrected chi connectivity index (χ2v) is 5.85. The zero-order chi connectivity index (χ0) is 16.9. The number of rotatable bonds is 10. The number of benzene rings is 1. The summed E-state index contributed by atoms with van der Waals surface area (Å²) in [4.78, 5) is 11.6. The largest absolute Gasteiger partial charge is 0.462 e. The first-order valence-corrected chi connectivity index (χ1v) is 8.90. The van der Waals surface area contributed by atoms with Crippen molar-refractivity contribution in [3.63, 3.8) is 0 Å². The van der Waals surface area contributed by atoms with Gasteiger partial charge in [-0.2, -0.15) is 0 Å². The van der Waals surface area contributed by atoms with Gasteiger partial charge in [-0.1, -0.05) is 39.0 Å². The molecule has 0 fully saturated rings. The van der Waals surface area contributed by atoms with Crippen LogP contribution in [0.2, 0.25) is 0 Å². The maximum Gasteiger partial charge on any atom is 0.338 e. The molecule has 128 valence electrons. The molecule has 0 unspecified atom stereocenters. The van der Waals surface area contributed by atoms with E-state index >= 15 is 0 Å². The first-order valence-electron chi connectivity index (χ1n) is 8.49. The van der Waals surface area contributed by atoms with Gasteiger partial charge in [-0.15, -0.1) is 0 Å². The lowest BCUT2D eigenvalue weighted by Gasteiger charge is -2.11. The van der Waals surface area contributed by atoms with E-state index < -0.39 is 0 Å². The molecule has 5 heteroatoms. The number of anilines is 1. The van der Waals surface area contributed by atoms with Gasteiger partial charge in [-0.05, 0) is 49.8 Å². The van der Waals surface area contributed by atoms with E-state index in [0.29, 0.717) is 17.3 Å². The van der Waals surface area contributed by atoms with Crippen LogP contribution >= 0.6 is 12.2 Å². The third-order valence-electron chi connectivity index (χ3n) is 3.47. The van der Waals surface area contributed by atoms with E-state index in [1.165, 1.54) is 32.1 Å². The highest BCUT2D eigenvalue weighted by atomic mass is 32.1. The quantitative estimate of drug-likeness (QED) is 0.374. The van der Waals surface area contributed by atoms with Crippen LogP contribution in [0.1, 0.15) is 62.7 Å². The smallest absolute Gasteiger partial charge is 0.338 e. The van der Waals surface area contributed by atoms with Crippen molar-refractivity contribution < 1.29 is 9.53 Å². The van der Waals surface area contributed by atoms with Crippen LogP contribution in [0, 0.1) is 0 Å². The first-order chi connectivity index (χ1) is 11.2. The summed E-state index contributed by atoms with van der Waals surface area (Å²) in [5.74, 6) is -0.303. The van der Waals surface area contributed by atoms with Gasteiger partial charge in [0.25, 0.3) is 0 Å². The van der Waals surface area contributed by atoms with Crippen molar-refractivity contribution in [2.75, 3.05) is 18.5 Å². The van der Waals surface area contributed by atoms with Crippen LogP contribution in [-0.2, 0) is 4.74 Å². The van der Waals surface area contributed by atoms with Crippen molar-refractivity contribution in [3.8, 4) is 0 Å². The molecule has 4 nitrogen and oxygen atoms in total. The van der Waals surface area contributed by atoms with Crippen LogP contribution in [0.15, 0.2) is 24.3 Å². The third-order valence-corrected chi connectivity index (χ3v) is 3.72. The Bertz CT molecular complexity index is 474. The minimum Gasteiger partial charge on any atom is -0.462 e. The Balaban J connectivity index is 2.22. The van der Waals surface area contributed by atoms with Gasteiger partial charge in [0.15, 0.2) is 5.11 Å². The van der Waals surface area contributed by atoms with E-state index in [1.54, 1.807) is 19.1 Å². The van der Waals surface area contributed by atoms with Crippen LogP contribution in [0.25, 0.3) is 0 Å². The molecule has 0 aliphatic carbocycles. The van der Waals surface area contributed by atoms with Crippen molar-refractivity contribution >= 4 is 29.0 Å². The predicted octanol–water partition coefficient (Wildman–Crippen LogP) is 4.51. The van der Waals surface area contributed by atoms with Crippen molar-refractivity contribution in [3.05, 3.63) is 29.8 Å². The molecule has 1 rings (SSSR count). The zero-order valence-electron chi connectivity index (χ0n) is 14.2. The molecule has 23 heavy (non-hydrogen) atoms. The zero-order valence-corrected chi connectivity index (χ0v) is 15.0. The number of carbonyl (C=O) groups excluding carboxylic acids is 1. The number of carbonyl (C=O) groups is 1. The fraction of sp³-hybridized carbons (Fsp3) is 0.556. The summed E-state index contributed by atoms with van der Waals surface area (Å²) in [6.07, 6.45) is 7.60. The first kappa shape index (κ1) is 19.4. The van der Waals surface area contributed by atoms with Gasteiger partial charge in [0.05, 0.1) is 12.2 Å². The van der Waals surface area contributed by atoms with E-state index in [9.17, 15) is 4.79 Å². The van der Waals surface area contributed by atoms with Crippen molar-refractivity contribution in [2.45, 2.75) is 52.4 Å². The normalized spacial score (nSPS) is 10.2. The summed E-state index contributed by atoms with van der Waals surface area (Å²) in [6.45, 7) is 5.29. The number of nitrogens with one attached hydrogen (secondary N) is 2. The summed E-state index contributed by atoms with van der Waals surface area (Å²) in [7, 11) is 0. The molecule has 0 saturated carbocycles. The topological polar surface area (TPSA) is 50.4 Å². The number of hydrogen-bond donors (Lipinski definition) is 2. The van der Waals surface area contributed by atoms with Crippen molar-refractivity contribution in [1.82, 2.24) is 5.32 Å². The number of ether oxygens (including phenoxy) is 1. The highest BCUT2D eigenvalue weighted by Crippen LogP contribution is 2.10. The summed E-state index contributed by atoms with van der Waals surface area (Å²) in [6, 6.07) is 7.11. The highest BCUT2D eigenvalue weighted by Gasteiger charge is 2.05. The summed E-state index contributed by atoms with van der Waals surface area (Å²) < 4.78 is 4.95. The lowest BCUT2D eigenvalue weighted by molar-refractivity contribution is 0.0526. The van der Waals surface area contributed by atoms with Crippen LogP contribution in [-0.4, -0.2) is 24.2 Å². The lowest BCUT2D eigenvalue weighted by Crippen LogP contribution is -2.29. The van der Waals surface area contributed by atoms with Crippen molar-refractivity contribution in [1.29, 1.82) is 0 Å². The van der Waals surface area contributed by atoms with Gasteiger partial charge >= 0.3 is 5.97 Å². The van der Waals surface area contributed by atoms with E-state index in [4.69, 9.17) is 17.0 Å². The van der Waals surface area contributed by atoms with Crippen LogP contribution < -0.4 is 10.6 Å². The molecule has 0 bridgehead atoms.